The van der Waals surface area contributed by atoms with Crippen LogP contribution in [0.3, 0.4) is 0 Å². The van der Waals surface area contributed by atoms with Crippen LogP contribution in [0, 0.1) is 11.6 Å². The molecular formula is C18H20F2N2OS. The molecule has 0 aliphatic heterocycles. The van der Waals surface area contributed by atoms with Gasteiger partial charge in [-0.2, -0.15) is 0 Å². The van der Waals surface area contributed by atoms with Crippen molar-refractivity contribution in [1.29, 1.82) is 0 Å². The summed E-state index contributed by atoms with van der Waals surface area (Å²) in [5.41, 5.74) is 6.25. The molecule has 1 unspecified atom stereocenters. The van der Waals surface area contributed by atoms with Gasteiger partial charge in [-0.1, -0.05) is 30.3 Å². The molecule has 128 valence electrons. The van der Waals surface area contributed by atoms with Crippen LogP contribution in [0.1, 0.15) is 23.7 Å². The summed E-state index contributed by atoms with van der Waals surface area (Å²) in [6, 6.07) is 12.9. The molecule has 1 amide bonds. The van der Waals surface area contributed by atoms with Crippen LogP contribution in [0.15, 0.2) is 53.4 Å². The van der Waals surface area contributed by atoms with Gasteiger partial charge in [0, 0.05) is 11.4 Å². The van der Waals surface area contributed by atoms with Gasteiger partial charge >= 0.3 is 0 Å². The summed E-state index contributed by atoms with van der Waals surface area (Å²) in [6.45, 7) is 1.12. The summed E-state index contributed by atoms with van der Waals surface area (Å²) in [4.78, 5) is 13.0. The molecule has 6 heteroatoms. The van der Waals surface area contributed by atoms with E-state index in [0.29, 0.717) is 18.0 Å². The van der Waals surface area contributed by atoms with Crippen LogP contribution in [-0.4, -0.2) is 19.0 Å². The molecule has 0 aliphatic carbocycles. The third-order valence-electron chi connectivity index (χ3n) is 3.42. The quantitative estimate of drug-likeness (QED) is 0.564. The fourth-order valence-corrected chi connectivity index (χ4v) is 3.23. The molecule has 2 aromatic carbocycles. The largest absolute Gasteiger partial charge is 0.355 e. The minimum absolute atomic E-state index is 0.159. The summed E-state index contributed by atoms with van der Waals surface area (Å²) in [6.07, 6.45) is 1.65. The summed E-state index contributed by atoms with van der Waals surface area (Å²) in [5, 5.41) is 2.35. The highest BCUT2D eigenvalue weighted by Crippen LogP contribution is 2.35. The zero-order chi connectivity index (χ0) is 17.4. The van der Waals surface area contributed by atoms with Crippen LogP contribution < -0.4 is 11.1 Å². The molecule has 0 fully saturated rings. The normalized spacial score (nSPS) is 12.0. The van der Waals surface area contributed by atoms with Gasteiger partial charge in [-0.25, -0.2) is 8.78 Å². The van der Waals surface area contributed by atoms with Gasteiger partial charge < -0.3 is 11.1 Å². The van der Waals surface area contributed by atoms with E-state index >= 15 is 0 Å². The van der Waals surface area contributed by atoms with Crippen molar-refractivity contribution in [3.8, 4) is 0 Å². The number of halogens is 2. The molecule has 0 saturated heterocycles. The van der Waals surface area contributed by atoms with E-state index in [2.05, 4.69) is 5.32 Å². The van der Waals surface area contributed by atoms with E-state index in [4.69, 9.17) is 5.73 Å². The van der Waals surface area contributed by atoms with Crippen molar-refractivity contribution in [2.75, 3.05) is 13.1 Å². The average molecular weight is 350 g/mol. The number of amides is 1. The van der Waals surface area contributed by atoms with E-state index in [9.17, 15) is 13.6 Å². The maximum absolute atomic E-state index is 13.4. The molecule has 3 nitrogen and oxygen atoms in total. The predicted molar refractivity (Wildman–Crippen MR) is 92.7 cm³/mol. The molecule has 3 N–H and O–H groups in total. The predicted octanol–water partition coefficient (Wildman–Crippen LogP) is 3.65. The average Bonchev–Trinajstić information content (AvgIpc) is 2.60. The Bertz CT molecular complexity index is 667. The Hall–Kier alpha value is -1.92. The van der Waals surface area contributed by atoms with Crippen LogP contribution in [0.4, 0.5) is 8.78 Å². The van der Waals surface area contributed by atoms with Crippen LogP contribution in [-0.2, 0) is 4.79 Å². The van der Waals surface area contributed by atoms with Crippen molar-refractivity contribution in [2.24, 2.45) is 5.73 Å². The molecule has 0 heterocycles. The molecule has 0 radical (unpaired) electrons. The Morgan fingerprint density at radius 2 is 1.83 bits per heavy atom. The second kappa shape index (κ2) is 9.39. The highest BCUT2D eigenvalue weighted by molar-refractivity contribution is 8.00. The standard InChI is InChI=1S/C18H20F2N2OS/c19-15-9-8-14(12-16(15)20)24-17(13-6-2-1-3-7-13)18(23)22-11-5-4-10-21/h1-3,6-9,12,17H,4-5,10-11,21H2,(H,22,23). The number of nitrogens with one attached hydrogen (secondary N) is 1. The van der Waals surface area contributed by atoms with Gasteiger partial charge in [-0.15, -0.1) is 11.8 Å². The third-order valence-corrected chi connectivity index (χ3v) is 4.66. The lowest BCUT2D eigenvalue weighted by atomic mass is 10.1. The van der Waals surface area contributed by atoms with Gasteiger partial charge in [0.05, 0.1) is 0 Å². The molecule has 2 rings (SSSR count). The number of thioether (sulfide) groups is 1. The van der Waals surface area contributed by atoms with Crippen LogP contribution in [0.2, 0.25) is 0 Å². The van der Waals surface area contributed by atoms with Gasteiger partial charge in [0.25, 0.3) is 0 Å². The minimum atomic E-state index is -0.921. The Kier molecular flexibility index (Phi) is 7.21. The van der Waals surface area contributed by atoms with E-state index in [0.717, 1.165) is 30.5 Å². The summed E-state index contributed by atoms with van der Waals surface area (Å²) < 4.78 is 26.5. The number of unbranched alkanes of at least 4 members (excludes halogenated alkanes) is 1. The lowest BCUT2D eigenvalue weighted by Gasteiger charge is -2.17. The summed E-state index contributed by atoms with van der Waals surface area (Å²) in [5.74, 6) is -1.98. The van der Waals surface area contributed by atoms with Crippen LogP contribution in [0.25, 0.3) is 0 Å². The van der Waals surface area contributed by atoms with E-state index in [1.165, 1.54) is 17.8 Å². The number of nitrogens with two attached hydrogens (primary N) is 1. The zero-order valence-electron chi connectivity index (χ0n) is 13.2. The van der Waals surface area contributed by atoms with Gasteiger partial charge in [-0.3, -0.25) is 4.79 Å². The zero-order valence-corrected chi connectivity index (χ0v) is 14.0. The van der Waals surface area contributed by atoms with Crippen molar-refractivity contribution in [2.45, 2.75) is 23.0 Å². The Morgan fingerprint density at radius 3 is 2.50 bits per heavy atom. The lowest BCUT2D eigenvalue weighted by molar-refractivity contribution is -0.120. The highest BCUT2D eigenvalue weighted by Gasteiger charge is 2.22. The first kappa shape index (κ1) is 18.4. The van der Waals surface area contributed by atoms with Gasteiger partial charge in [0.1, 0.15) is 5.25 Å². The SMILES string of the molecule is NCCCCNC(=O)C(Sc1ccc(F)c(F)c1)c1ccccc1. The van der Waals surface area contributed by atoms with Crippen molar-refractivity contribution < 1.29 is 13.6 Å². The van der Waals surface area contributed by atoms with Gasteiger partial charge in [0.2, 0.25) is 5.91 Å². The first-order valence-corrected chi connectivity index (χ1v) is 8.64. The summed E-state index contributed by atoms with van der Waals surface area (Å²) in [7, 11) is 0. The monoisotopic (exact) mass is 350 g/mol. The molecular weight excluding hydrogens is 330 g/mol. The van der Waals surface area contributed by atoms with Crippen LogP contribution in [0.5, 0.6) is 0 Å². The second-order valence-electron chi connectivity index (χ2n) is 5.27. The maximum atomic E-state index is 13.4. The molecule has 0 bridgehead atoms. The highest BCUT2D eigenvalue weighted by atomic mass is 32.2. The first-order chi connectivity index (χ1) is 11.6. The molecule has 24 heavy (non-hydrogen) atoms. The minimum Gasteiger partial charge on any atom is -0.355 e. The van der Waals surface area contributed by atoms with Crippen molar-refractivity contribution in [1.82, 2.24) is 5.32 Å². The fourth-order valence-electron chi connectivity index (χ4n) is 2.16. The topological polar surface area (TPSA) is 55.1 Å². The Labute approximate surface area is 144 Å². The van der Waals surface area contributed by atoms with Gasteiger partial charge in [0.15, 0.2) is 11.6 Å². The first-order valence-electron chi connectivity index (χ1n) is 7.76. The molecule has 1 atom stereocenters. The molecule has 0 saturated carbocycles. The van der Waals surface area contributed by atoms with Crippen LogP contribution >= 0.6 is 11.8 Å². The summed E-state index contributed by atoms with van der Waals surface area (Å²) >= 11 is 1.19. The van der Waals surface area contributed by atoms with E-state index in [1.54, 1.807) is 0 Å². The smallest absolute Gasteiger partial charge is 0.237 e. The molecule has 0 aliphatic rings. The Morgan fingerprint density at radius 1 is 1.08 bits per heavy atom. The molecule has 2 aromatic rings. The number of carbonyl (C=O) groups excluding carboxylic acids is 1. The van der Waals surface area contributed by atoms with E-state index in [1.807, 2.05) is 30.3 Å². The van der Waals surface area contributed by atoms with E-state index < -0.39 is 16.9 Å². The number of carbonyl (C=O) groups is 1. The van der Waals surface area contributed by atoms with Crippen molar-refractivity contribution in [3.05, 3.63) is 65.7 Å². The second-order valence-corrected chi connectivity index (χ2v) is 6.45. The Balaban J connectivity index is 2.13. The van der Waals surface area contributed by atoms with Crippen molar-refractivity contribution >= 4 is 17.7 Å². The maximum Gasteiger partial charge on any atom is 0.237 e. The lowest BCUT2D eigenvalue weighted by Crippen LogP contribution is -2.29. The molecule has 0 aromatic heterocycles. The number of hydrogen-bond donors (Lipinski definition) is 2. The van der Waals surface area contributed by atoms with Gasteiger partial charge in [-0.05, 0) is 43.1 Å². The number of benzene rings is 2. The molecule has 0 spiro atoms. The third kappa shape index (κ3) is 5.32. The fraction of sp³-hybridized carbons (Fsp3) is 0.278. The number of hydrogen-bond acceptors (Lipinski definition) is 3. The number of rotatable bonds is 8. The van der Waals surface area contributed by atoms with Crippen molar-refractivity contribution in [3.63, 3.8) is 0 Å². The van der Waals surface area contributed by atoms with E-state index in [-0.39, 0.29) is 5.91 Å².